The van der Waals surface area contributed by atoms with Gasteiger partial charge in [-0.3, -0.25) is 0 Å². The van der Waals surface area contributed by atoms with Gasteiger partial charge in [0.1, 0.15) is 37.1 Å². The monoisotopic (exact) mass is 314 g/mol. The van der Waals surface area contributed by atoms with E-state index in [1.807, 2.05) is 0 Å². The summed E-state index contributed by atoms with van der Waals surface area (Å²) < 4.78 is 68.3. The van der Waals surface area contributed by atoms with E-state index in [-0.39, 0.29) is 59.1 Å². The molecule has 0 aromatic rings. The van der Waals surface area contributed by atoms with Gasteiger partial charge >= 0.3 is 59.1 Å². The first-order valence-corrected chi connectivity index (χ1v) is 6.49. The molecule has 0 aliphatic carbocycles. The first-order valence-electron chi connectivity index (χ1n) is 3.55. The molecule has 0 amide bonds. The normalized spacial score (nSPS) is 23.4. The number of nitrogens with zero attached hydrogens (tertiary/aromatic N) is 1. The van der Waals surface area contributed by atoms with Crippen LogP contribution in [0.4, 0.5) is 0 Å². The van der Waals surface area contributed by atoms with E-state index in [0.717, 1.165) is 0 Å². The zero-order valence-electron chi connectivity index (χ0n) is 9.35. The molecule has 2 N–H and O–H groups in total. The molecule has 0 aromatic carbocycles. The van der Waals surface area contributed by atoms with Crippen molar-refractivity contribution in [1.29, 1.82) is 5.26 Å². The quantitative estimate of drug-likeness (QED) is 0.383. The van der Waals surface area contributed by atoms with E-state index in [4.69, 9.17) is 11.0 Å². The number of nitriles is 1. The summed E-state index contributed by atoms with van der Waals surface area (Å²) >= 11 is 0. The van der Waals surface area contributed by atoms with Gasteiger partial charge in [-0.15, -0.1) is 0 Å². The Kier molecular flexibility index (Phi) is 8.02. The van der Waals surface area contributed by atoms with Crippen molar-refractivity contribution < 1.29 is 89.8 Å². The first-order chi connectivity index (χ1) is 7.09. The maximum atomic E-state index is 10.7. The SMILES string of the molecule is N#CC1=C(N)OC(S(=O)(=O)[O-])C1S(=O)(=O)[O-].[Na+].[Na+]. The molecular formula is C5H4N2Na2O7S2. The molecule has 1 aliphatic heterocycles. The van der Waals surface area contributed by atoms with Crippen molar-refractivity contribution in [3.8, 4) is 6.07 Å². The van der Waals surface area contributed by atoms with Crippen molar-refractivity contribution in [3.05, 3.63) is 11.5 Å². The predicted octanol–water partition coefficient (Wildman–Crippen LogP) is -8.50. The van der Waals surface area contributed by atoms with Crippen molar-refractivity contribution in [2.75, 3.05) is 0 Å². The Morgan fingerprint density at radius 2 is 1.61 bits per heavy atom. The van der Waals surface area contributed by atoms with Crippen LogP contribution in [0, 0.1) is 11.3 Å². The van der Waals surface area contributed by atoms with E-state index in [2.05, 4.69) is 4.74 Å². The van der Waals surface area contributed by atoms with Crippen LogP contribution in [-0.2, 0) is 25.0 Å². The summed E-state index contributed by atoms with van der Waals surface area (Å²) in [6.45, 7) is 0. The molecule has 90 valence electrons. The van der Waals surface area contributed by atoms with Crippen molar-refractivity contribution in [3.63, 3.8) is 0 Å². The average molecular weight is 314 g/mol. The fraction of sp³-hybridized carbons (Fsp3) is 0.400. The zero-order valence-corrected chi connectivity index (χ0v) is 15.0. The fourth-order valence-corrected chi connectivity index (χ4v) is 3.40. The van der Waals surface area contributed by atoms with E-state index >= 15 is 0 Å². The maximum Gasteiger partial charge on any atom is 1.00 e. The molecule has 0 saturated carbocycles. The predicted molar refractivity (Wildman–Crippen MR) is 44.9 cm³/mol. The van der Waals surface area contributed by atoms with Gasteiger partial charge in [0.05, 0.1) is 0 Å². The molecule has 0 radical (unpaired) electrons. The van der Waals surface area contributed by atoms with Gasteiger partial charge < -0.3 is 19.6 Å². The Labute approximate surface area is 147 Å². The largest absolute Gasteiger partial charge is 1.00 e. The summed E-state index contributed by atoms with van der Waals surface area (Å²) in [5.74, 6) is -0.851. The van der Waals surface area contributed by atoms with Crippen LogP contribution in [0.1, 0.15) is 0 Å². The molecule has 18 heavy (non-hydrogen) atoms. The van der Waals surface area contributed by atoms with Gasteiger partial charge in [-0.25, -0.2) is 16.8 Å². The summed E-state index contributed by atoms with van der Waals surface area (Å²) in [5, 5.41) is 6.07. The zero-order chi connectivity index (χ0) is 12.7. The van der Waals surface area contributed by atoms with E-state index in [1.165, 1.54) is 6.07 Å². The molecule has 1 rings (SSSR count). The van der Waals surface area contributed by atoms with Gasteiger partial charge in [-0.05, 0) is 0 Å². The van der Waals surface area contributed by atoms with Gasteiger partial charge in [0.15, 0.2) is 0 Å². The Balaban J connectivity index is 0. The third-order valence-corrected chi connectivity index (χ3v) is 3.97. The molecule has 1 heterocycles. The molecule has 9 nitrogen and oxygen atoms in total. The molecule has 1 aliphatic rings. The minimum Gasteiger partial charge on any atom is -0.747 e. The van der Waals surface area contributed by atoms with Gasteiger partial charge in [0.2, 0.25) is 11.3 Å². The standard InChI is InChI=1S/C5H6N2O7S2.2Na/c6-1-2-3(15(8,9)10)5(14-4(2)7)16(11,12)13;;/h3,5H,7H2,(H,8,9,10)(H,11,12,13);;/q;2*+1/p-2. The van der Waals surface area contributed by atoms with E-state index in [0.29, 0.717) is 0 Å². The van der Waals surface area contributed by atoms with Crippen LogP contribution in [0.5, 0.6) is 0 Å². The van der Waals surface area contributed by atoms with Gasteiger partial charge in [0, 0.05) is 0 Å². The van der Waals surface area contributed by atoms with E-state index in [9.17, 15) is 25.9 Å². The molecular weight excluding hydrogens is 310 g/mol. The van der Waals surface area contributed by atoms with Crippen LogP contribution < -0.4 is 64.8 Å². The molecule has 0 fully saturated rings. The van der Waals surface area contributed by atoms with Crippen LogP contribution in [0.2, 0.25) is 0 Å². The topological polar surface area (TPSA) is 173 Å². The van der Waals surface area contributed by atoms with Crippen molar-refractivity contribution in [2.24, 2.45) is 5.73 Å². The van der Waals surface area contributed by atoms with Crippen LogP contribution in [-0.4, -0.2) is 36.6 Å². The number of ether oxygens (including phenoxy) is 1. The molecule has 0 saturated heterocycles. The van der Waals surface area contributed by atoms with Crippen molar-refractivity contribution in [2.45, 2.75) is 10.7 Å². The minimum absolute atomic E-state index is 0. The smallest absolute Gasteiger partial charge is 0.747 e. The summed E-state index contributed by atoms with van der Waals surface area (Å²) in [6, 6.07) is 1.22. The van der Waals surface area contributed by atoms with Crippen LogP contribution in [0.25, 0.3) is 0 Å². The molecule has 0 bridgehead atoms. The van der Waals surface area contributed by atoms with Crippen molar-refractivity contribution in [1.82, 2.24) is 0 Å². The number of hydrogen-bond donors (Lipinski definition) is 1. The molecule has 2 unspecified atom stereocenters. The van der Waals surface area contributed by atoms with Gasteiger partial charge in [-0.1, -0.05) is 0 Å². The second-order valence-electron chi connectivity index (χ2n) is 2.78. The third-order valence-electron chi connectivity index (χ3n) is 1.76. The van der Waals surface area contributed by atoms with Crippen LogP contribution in [0.15, 0.2) is 11.5 Å². The average Bonchev–Trinajstić information content (AvgIpc) is 2.40. The van der Waals surface area contributed by atoms with Crippen LogP contribution >= 0.6 is 0 Å². The van der Waals surface area contributed by atoms with Crippen molar-refractivity contribution >= 4 is 20.2 Å². The number of hydrogen-bond acceptors (Lipinski definition) is 9. The number of nitrogens with two attached hydrogens (primary N) is 1. The van der Waals surface area contributed by atoms with E-state index in [1.54, 1.807) is 0 Å². The van der Waals surface area contributed by atoms with Gasteiger partial charge in [0.25, 0.3) is 0 Å². The summed E-state index contributed by atoms with van der Waals surface area (Å²) in [6.07, 6.45) is 0. The Morgan fingerprint density at radius 1 is 1.17 bits per heavy atom. The van der Waals surface area contributed by atoms with Gasteiger partial charge in [-0.2, -0.15) is 5.26 Å². The molecule has 13 heteroatoms. The Morgan fingerprint density at radius 3 is 1.89 bits per heavy atom. The maximum absolute atomic E-state index is 10.7. The summed E-state index contributed by atoms with van der Waals surface area (Å²) in [7, 11) is -10.5. The first kappa shape index (κ1) is 21.0. The molecule has 0 spiro atoms. The second kappa shape index (κ2) is 6.89. The third kappa shape index (κ3) is 4.34. The molecule has 0 aromatic heterocycles. The fourth-order valence-electron chi connectivity index (χ4n) is 1.14. The van der Waals surface area contributed by atoms with Crippen LogP contribution in [0.3, 0.4) is 0 Å². The molecule has 2 atom stereocenters. The number of rotatable bonds is 2. The van der Waals surface area contributed by atoms with E-state index < -0.39 is 42.4 Å². The summed E-state index contributed by atoms with van der Waals surface area (Å²) in [5.41, 5.74) is 1.61. The second-order valence-corrected chi connectivity index (χ2v) is 5.73. The minimum atomic E-state index is -5.24. The Bertz CT molecular complexity index is 590. The Hall–Kier alpha value is 0.650. The summed E-state index contributed by atoms with van der Waals surface area (Å²) in [4.78, 5) is 0.